The second-order valence-electron chi connectivity index (χ2n) is 3.60. The predicted octanol–water partition coefficient (Wildman–Crippen LogP) is 2.36. The Labute approximate surface area is 107 Å². The zero-order chi connectivity index (χ0) is 12.4. The van der Waals surface area contributed by atoms with Crippen LogP contribution in [0.5, 0.6) is 0 Å². The fourth-order valence-corrected chi connectivity index (χ4v) is 1.72. The fourth-order valence-electron chi connectivity index (χ4n) is 1.39. The van der Waals surface area contributed by atoms with Crippen molar-refractivity contribution in [3.8, 4) is 0 Å². The molecule has 0 aromatic carbocycles. The number of ketones is 1. The highest BCUT2D eigenvalue weighted by Gasteiger charge is 2.13. The molecule has 0 aliphatic rings. The van der Waals surface area contributed by atoms with E-state index in [0.29, 0.717) is 11.1 Å². The molecular weight excluding hydrogens is 282 g/mol. The molecule has 0 spiro atoms. The van der Waals surface area contributed by atoms with E-state index in [1.807, 2.05) is 6.92 Å². The summed E-state index contributed by atoms with van der Waals surface area (Å²) in [6.45, 7) is 1.86. The number of pyridine rings is 2. The number of carbonyl (C=O) groups is 1. The standard InChI is InChI=1S/C12H10BrN3O/c1-7-2-3-8(5-15-7)11(17)10-4-9(13)6-16-12(10)14/h2-6H,1H3,(H2,14,16). The number of carbonyl (C=O) groups excluding carboxylic acids is 1. The second-order valence-corrected chi connectivity index (χ2v) is 4.52. The van der Waals surface area contributed by atoms with Crippen LogP contribution in [0.4, 0.5) is 5.82 Å². The molecule has 0 aliphatic heterocycles. The molecule has 2 aromatic heterocycles. The van der Waals surface area contributed by atoms with E-state index in [4.69, 9.17) is 5.73 Å². The first-order chi connectivity index (χ1) is 8.08. The number of nitrogen functional groups attached to an aromatic ring is 1. The number of halogens is 1. The number of aryl methyl sites for hydroxylation is 1. The predicted molar refractivity (Wildman–Crippen MR) is 68.8 cm³/mol. The highest BCUT2D eigenvalue weighted by Crippen LogP contribution is 2.18. The maximum Gasteiger partial charge on any atom is 0.198 e. The first kappa shape index (κ1) is 11.7. The summed E-state index contributed by atoms with van der Waals surface area (Å²) in [7, 11) is 0. The zero-order valence-electron chi connectivity index (χ0n) is 9.14. The fraction of sp³-hybridized carbons (Fsp3) is 0.0833. The molecule has 86 valence electrons. The number of hydrogen-bond donors (Lipinski definition) is 1. The highest BCUT2D eigenvalue weighted by atomic mass is 79.9. The molecule has 0 radical (unpaired) electrons. The first-order valence-electron chi connectivity index (χ1n) is 4.96. The van der Waals surface area contributed by atoms with E-state index in [9.17, 15) is 4.79 Å². The van der Waals surface area contributed by atoms with Crippen molar-refractivity contribution in [2.45, 2.75) is 6.92 Å². The van der Waals surface area contributed by atoms with Crippen molar-refractivity contribution in [2.75, 3.05) is 5.73 Å². The number of anilines is 1. The Morgan fingerprint density at radius 1 is 1.29 bits per heavy atom. The molecule has 0 saturated carbocycles. The molecule has 0 amide bonds. The van der Waals surface area contributed by atoms with E-state index in [0.717, 1.165) is 10.2 Å². The van der Waals surface area contributed by atoms with Gasteiger partial charge in [0.15, 0.2) is 5.78 Å². The molecule has 0 aliphatic carbocycles. The van der Waals surface area contributed by atoms with Gasteiger partial charge in [0, 0.05) is 28.1 Å². The monoisotopic (exact) mass is 291 g/mol. The lowest BCUT2D eigenvalue weighted by molar-refractivity contribution is 0.103. The van der Waals surface area contributed by atoms with Gasteiger partial charge in [-0.25, -0.2) is 4.98 Å². The van der Waals surface area contributed by atoms with Gasteiger partial charge in [-0.05, 0) is 41.1 Å². The van der Waals surface area contributed by atoms with Crippen LogP contribution in [0, 0.1) is 6.92 Å². The molecule has 2 rings (SSSR count). The Morgan fingerprint density at radius 2 is 2.06 bits per heavy atom. The van der Waals surface area contributed by atoms with Crippen molar-refractivity contribution in [1.82, 2.24) is 9.97 Å². The summed E-state index contributed by atoms with van der Waals surface area (Å²) < 4.78 is 0.718. The SMILES string of the molecule is Cc1ccc(C(=O)c2cc(Br)cnc2N)cn1. The molecule has 17 heavy (non-hydrogen) atoms. The van der Waals surface area contributed by atoms with E-state index >= 15 is 0 Å². The Bertz CT molecular complexity index is 566. The van der Waals surface area contributed by atoms with Gasteiger partial charge in [-0.2, -0.15) is 0 Å². The first-order valence-corrected chi connectivity index (χ1v) is 5.75. The average molecular weight is 292 g/mol. The number of hydrogen-bond acceptors (Lipinski definition) is 4. The maximum absolute atomic E-state index is 12.1. The van der Waals surface area contributed by atoms with Crippen molar-refractivity contribution in [3.63, 3.8) is 0 Å². The summed E-state index contributed by atoms with van der Waals surface area (Å²) in [5.41, 5.74) is 7.43. The zero-order valence-corrected chi connectivity index (χ0v) is 10.7. The van der Waals surface area contributed by atoms with Gasteiger partial charge in [0.05, 0.1) is 5.56 Å². The van der Waals surface area contributed by atoms with Crippen LogP contribution in [0.1, 0.15) is 21.6 Å². The second kappa shape index (κ2) is 4.63. The van der Waals surface area contributed by atoms with Crippen LogP contribution in [-0.2, 0) is 0 Å². The normalized spacial score (nSPS) is 10.2. The summed E-state index contributed by atoms with van der Waals surface area (Å²) in [6.07, 6.45) is 3.09. The Morgan fingerprint density at radius 3 is 2.71 bits per heavy atom. The lowest BCUT2D eigenvalue weighted by Crippen LogP contribution is -2.07. The quantitative estimate of drug-likeness (QED) is 0.863. The molecule has 0 saturated heterocycles. The minimum atomic E-state index is -0.177. The smallest absolute Gasteiger partial charge is 0.198 e. The molecule has 4 nitrogen and oxygen atoms in total. The Balaban J connectivity index is 2.43. The molecule has 0 unspecified atom stereocenters. The van der Waals surface area contributed by atoms with Crippen molar-refractivity contribution in [1.29, 1.82) is 0 Å². The van der Waals surface area contributed by atoms with Crippen LogP contribution in [0.15, 0.2) is 35.1 Å². The van der Waals surface area contributed by atoms with E-state index < -0.39 is 0 Å². The molecule has 2 aromatic rings. The van der Waals surface area contributed by atoms with Crippen LogP contribution in [0.2, 0.25) is 0 Å². The third-order valence-electron chi connectivity index (χ3n) is 2.30. The highest BCUT2D eigenvalue weighted by molar-refractivity contribution is 9.10. The van der Waals surface area contributed by atoms with Crippen LogP contribution >= 0.6 is 15.9 Å². The van der Waals surface area contributed by atoms with Crippen molar-refractivity contribution >= 4 is 27.5 Å². The molecule has 2 N–H and O–H groups in total. The topological polar surface area (TPSA) is 68.9 Å². The lowest BCUT2D eigenvalue weighted by atomic mass is 10.1. The molecule has 0 atom stereocenters. The van der Waals surface area contributed by atoms with E-state index in [1.54, 1.807) is 24.4 Å². The van der Waals surface area contributed by atoms with Crippen molar-refractivity contribution < 1.29 is 4.79 Å². The molecular formula is C12H10BrN3O. The average Bonchev–Trinajstić information content (AvgIpc) is 2.32. The minimum Gasteiger partial charge on any atom is -0.383 e. The molecule has 5 heteroatoms. The van der Waals surface area contributed by atoms with Crippen LogP contribution < -0.4 is 5.73 Å². The van der Waals surface area contributed by atoms with Crippen LogP contribution in [-0.4, -0.2) is 15.8 Å². The third-order valence-corrected chi connectivity index (χ3v) is 2.74. The summed E-state index contributed by atoms with van der Waals surface area (Å²) in [4.78, 5) is 20.2. The van der Waals surface area contributed by atoms with Gasteiger partial charge in [0.25, 0.3) is 0 Å². The number of nitrogens with two attached hydrogens (primary N) is 1. The van der Waals surface area contributed by atoms with Gasteiger partial charge in [0.1, 0.15) is 5.82 Å². The Hall–Kier alpha value is -1.75. The molecule has 0 bridgehead atoms. The lowest BCUT2D eigenvalue weighted by Gasteiger charge is -2.04. The maximum atomic E-state index is 12.1. The van der Waals surface area contributed by atoms with Crippen molar-refractivity contribution in [3.05, 3.63) is 51.9 Å². The number of nitrogens with zero attached hydrogens (tertiary/aromatic N) is 2. The number of aromatic nitrogens is 2. The van der Waals surface area contributed by atoms with Crippen LogP contribution in [0.3, 0.4) is 0 Å². The van der Waals surface area contributed by atoms with Crippen LogP contribution in [0.25, 0.3) is 0 Å². The summed E-state index contributed by atoms with van der Waals surface area (Å²) in [5, 5.41) is 0. The van der Waals surface area contributed by atoms with Gasteiger partial charge >= 0.3 is 0 Å². The molecule has 2 heterocycles. The van der Waals surface area contributed by atoms with E-state index in [2.05, 4.69) is 25.9 Å². The number of rotatable bonds is 2. The summed E-state index contributed by atoms with van der Waals surface area (Å²) in [6, 6.07) is 5.17. The van der Waals surface area contributed by atoms with E-state index in [1.165, 1.54) is 6.20 Å². The summed E-state index contributed by atoms with van der Waals surface area (Å²) >= 11 is 3.26. The van der Waals surface area contributed by atoms with Gasteiger partial charge in [-0.3, -0.25) is 9.78 Å². The van der Waals surface area contributed by atoms with E-state index in [-0.39, 0.29) is 11.6 Å². The van der Waals surface area contributed by atoms with Gasteiger partial charge in [-0.1, -0.05) is 0 Å². The van der Waals surface area contributed by atoms with Gasteiger partial charge < -0.3 is 5.73 Å². The van der Waals surface area contributed by atoms with Gasteiger partial charge in [-0.15, -0.1) is 0 Å². The van der Waals surface area contributed by atoms with Crippen molar-refractivity contribution in [2.24, 2.45) is 0 Å². The molecule has 0 fully saturated rings. The largest absolute Gasteiger partial charge is 0.383 e. The third kappa shape index (κ3) is 2.50. The minimum absolute atomic E-state index is 0.177. The van der Waals surface area contributed by atoms with Gasteiger partial charge in [0.2, 0.25) is 0 Å². The Kier molecular flexibility index (Phi) is 3.19. The summed E-state index contributed by atoms with van der Waals surface area (Å²) in [5.74, 6) is 0.0441.